The number of carbonyl (C=O) groups is 2. The zero-order valence-corrected chi connectivity index (χ0v) is 20.1. The van der Waals surface area contributed by atoms with Gasteiger partial charge in [0.2, 0.25) is 5.91 Å². The van der Waals surface area contributed by atoms with Crippen molar-refractivity contribution in [2.45, 2.75) is 24.9 Å². The summed E-state index contributed by atoms with van der Waals surface area (Å²) in [6, 6.07) is 8.39. The third kappa shape index (κ3) is 8.55. The fraction of sp³-hybridized carbons (Fsp3) is 0.292. The third-order valence-corrected chi connectivity index (χ3v) is 5.59. The molecule has 0 saturated carbocycles. The molecule has 0 aliphatic rings. The molecule has 0 aliphatic heterocycles. The molecule has 0 bridgehead atoms. The Balaban J connectivity index is 1.55. The number of carbonyl (C=O) groups excluding carboxylic acids is 2. The van der Waals surface area contributed by atoms with Crippen LogP contribution in [-0.4, -0.2) is 48.6 Å². The van der Waals surface area contributed by atoms with E-state index in [9.17, 15) is 27.2 Å². The average molecular weight is 542 g/mol. The molecule has 5 N–H and O–H groups in total. The lowest BCUT2D eigenvalue weighted by Gasteiger charge is -2.23. The SMILES string of the molecule is NCC(F)(F)C[C@@H](COC(=O)Nc1cc2cc(F)ccc2cn1)NC(=O)CNCc1cccc(F)c1Cl. The van der Waals surface area contributed by atoms with E-state index in [4.69, 9.17) is 22.1 Å². The number of hydrogen-bond donors (Lipinski definition) is 4. The van der Waals surface area contributed by atoms with E-state index in [1.54, 1.807) is 6.07 Å². The molecule has 3 rings (SSSR count). The van der Waals surface area contributed by atoms with E-state index in [0.29, 0.717) is 16.3 Å². The lowest BCUT2D eigenvalue weighted by atomic mass is 10.1. The van der Waals surface area contributed by atoms with E-state index in [1.165, 1.54) is 42.6 Å². The first-order valence-corrected chi connectivity index (χ1v) is 11.4. The van der Waals surface area contributed by atoms with Crippen LogP contribution >= 0.6 is 11.6 Å². The lowest BCUT2D eigenvalue weighted by molar-refractivity contribution is -0.122. The highest BCUT2D eigenvalue weighted by Crippen LogP contribution is 2.21. The number of nitrogens with one attached hydrogen (secondary N) is 3. The van der Waals surface area contributed by atoms with Gasteiger partial charge in [-0.3, -0.25) is 10.1 Å². The highest BCUT2D eigenvalue weighted by atomic mass is 35.5. The van der Waals surface area contributed by atoms with Gasteiger partial charge in [-0.05, 0) is 41.3 Å². The first-order valence-electron chi connectivity index (χ1n) is 11.1. The minimum Gasteiger partial charge on any atom is -0.447 e. The van der Waals surface area contributed by atoms with E-state index in [1.807, 2.05) is 0 Å². The van der Waals surface area contributed by atoms with Crippen LogP contribution in [0.5, 0.6) is 0 Å². The molecule has 1 atom stereocenters. The Morgan fingerprint density at radius 2 is 1.92 bits per heavy atom. The molecule has 2 amide bonds. The molecule has 8 nitrogen and oxygen atoms in total. The number of alkyl halides is 2. The smallest absolute Gasteiger partial charge is 0.412 e. The molecule has 13 heteroatoms. The van der Waals surface area contributed by atoms with Crippen molar-refractivity contribution in [1.82, 2.24) is 15.6 Å². The van der Waals surface area contributed by atoms with Gasteiger partial charge in [0.1, 0.15) is 24.1 Å². The fourth-order valence-corrected chi connectivity index (χ4v) is 3.56. The van der Waals surface area contributed by atoms with Crippen LogP contribution < -0.4 is 21.7 Å². The molecule has 0 aliphatic carbocycles. The monoisotopic (exact) mass is 541 g/mol. The number of ether oxygens (including phenoxy) is 1. The first kappa shape index (κ1) is 28.1. The minimum absolute atomic E-state index is 0.0508. The van der Waals surface area contributed by atoms with Crippen LogP contribution in [0.15, 0.2) is 48.7 Å². The summed E-state index contributed by atoms with van der Waals surface area (Å²) in [5.41, 5.74) is 5.51. The highest BCUT2D eigenvalue weighted by Gasteiger charge is 2.32. The molecule has 37 heavy (non-hydrogen) atoms. The summed E-state index contributed by atoms with van der Waals surface area (Å²) in [5, 5.41) is 8.45. The van der Waals surface area contributed by atoms with Gasteiger partial charge in [-0.15, -0.1) is 0 Å². The van der Waals surface area contributed by atoms with Gasteiger partial charge in [0.15, 0.2) is 0 Å². The predicted molar refractivity (Wildman–Crippen MR) is 130 cm³/mol. The van der Waals surface area contributed by atoms with E-state index < -0.39 is 55.2 Å². The number of anilines is 1. The number of amides is 2. The summed E-state index contributed by atoms with van der Waals surface area (Å²) in [7, 11) is 0. The van der Waals surface area contributed by atoms with Crippen LogP contribution in [0.2, 0.25) is 5.02 Å². The second-order valence-corrected chi connectivity index (χ2v) is 8.51. The third-order valence-electron chi connectivity index (χ3n) is 5.17. The number of aromatic nitrogens is 1. The fourth-order valence-electron chi connectivity index (χ4n) is 3.37. The van der Waals surface area contributed by atoms with Crippen molar-refractivity contribution in [3.05, 3.63) is 70.9 Å². The quantitative estimate of drug-likeness (QED) is 0.273. The van der Waals surface area contributed by atoms with Crippen LogP contribution in [0, 0.1) is 11.6 Å². The number of pyridine rings is 1. The summed E-state index contributed by atoms with van der Waals surface area (Å²) < 4.78 is 59.8. The number of halogens is 5. The van der Waals surface area contributed by atoms with Gasteiger partial charge >= 0.3 is 6.09 Å². The molecule has 0 fully saturated rings. The molecule has 2 aromatic carbocycles. The number of nitrogens with zero attached hydrogens (tertiary/aromatic N) is 1. The zero-order chi connectivity index (χ0) is 27.0. The van der Waals surface area contributed by atoms with Crippen LogP contribution in [0.4, 0.5) is 28.2 Å². The van der Waals surface area contributed by atoms with Crippen molar-refractivity contribution >= 4 is 40.2 Å². The summed E-state index contributed by atoms with van der Waals surface area (Å²) >= 11 is 5.86. The zero-order valence-electron chi connectivity index (χ0n) is 19.4. The standard InChI is InChI=1S/C24H24ClF4N5O3/c25-22-15(2-1-3-19(22)27)9-31-11-21(35)33-18(8-24(28,29)13-30)12-37-23(36)34-20-7-16-6-17(26)5-4-14(16)10-32-20/h1-7,10,18,31H,8-9,11-13,30H2,(H,33,35)(H,32,34,36)/t18-/m0/s1. The normalized spacial score (nSPS) is 12.3. The summed E-state index contributed by atoms with van der Waals surface area (Å²) in [6.07, 6.45) is -0.484. The molecular weight excluding hydrogens is 518 g/mol. The second kappa shape index (κ2) is 12.7. The number of hydrogen-bond acceptors (Lipinski definition) is 6. The van der Waals surface area contributed by atoms with E-state index in [0.717, 1.165) is 0 Å². The largest absolute Gasteiger partial charge is 0.447 e. The molecule has 3 aromatic rings. The second-order valence-electron chi connectivity index (χ2n) is 8.13. The average Bonchev–Trinajstić information content (AvgIpc) is 2.84. The van der Waals surface area contributed by atoms with Gasteiger partial charge in [-0.1, -0.05) is 23.7 Å². The van der Waals surface area contributed by atoms with Crippen LogP contribution in [-0.2, 0) is 16.1 Å². The summed E-state index contributed by atoms with van der Waals surface area (Å²) in [5.74, 6) is -5.04. The maximum absolute atomic E-state index is 13.9. The van der Waals surface area contributed by atoms with Gasteiger partial charge in [-0.2, -0.15) is 0 Å². The van der Waals surface area contributed by atoms with Crippen molar-refractivity contribution in [3.63, 3.8) is 0 Å². The molecule has 1 aromatic heterocycles. The molecule has 0 saturated heterocycles. The van der Waals surface area contributed by atoms with E-state index in [2.05, 4.69) is 20.9 Å². The number of rotatable bonds is 11. The molecular formula is C24H24ClF4N5O3. The summed E-state index contributed by atoms with van der Waals surface area (Å²) in [6.45, 7) is -1.82. The Labute approximate surface area is 214 Å². The first-order chi connectivity index (χ1) is 17.6. The number of benzene rings is 2. The minimum atomic E-state index is -3.33. The van der Waals surface area contributed by atoms with Crippen LogP contribution in [0.1, 0.15) is 12.0 Å². The Morgan fingerprint density at radius 3 is 2.68 bits per heavy atom. The maximum atomic E-state index is 13.9. The highest BCUT2D eigenvalue weighted by molar-refractivity contribution is 6.31. The molecule has 0 spiro atoms. The van der Waals surface area contributed by atoms with Crippen molar-refractivity contribution in [2.24, 2.45) is 5.73 Å². The van der Waals surface area contributed by atoms with Crippen molar-refractivity contribution in [2.75, 3.05) is 25.0 Å². The van der Waals surface area contributed by atoms with Crippen LogP contribution in [0.25, 0.3) is 10.8 Å². The Morgan fingerprint density at radius 1 is 1.14 bits per heavy atom. The summed E-state index contributed by atoms with van der Waals surface area (Å²) in [4.78, 5) is 28.5. The van der Waals surface area contributed by atoms with Gasteiger partial charge in [0, 0.05) is 24.5 Å². The topological polar surface area (TPSA) is 118 Å². The van der Waals surface area contributed by atoms with Gasteiger partial charge < -0.3 is 21.1 Å². The van der Waals surface area contributed by atoms with Crippen molar-refractivity contribution < 1.29 is 31.9 Å². The van der Waals surface area contributed by atoms with E-state index >= 15 is 0 Å². The van der Waals surface area contributed by atoms with Gasteiger partial charge in [0.25, 0.3) is 5.92 Å². The predicted octanol–water partition coefficient (Wildman–Crippen LogP) is 3.97. The molecule has 1 heterocycles. The van der Waals surface area contributed by atoms with Gasteiger partial charge in [-0.25, -0.2) is 27.3 Å². The Hall–Kier alpha value is -3.48. The van der Waals surface area contributed by atoms with Crippen molar-refractivity contribution in [3.8, 4) is 0 Å². The van der Waals surface area contributed by atoms with Gasteiger partial charge in [0.05, 0.1) is 24.2 Å². The Kier molecular flexibility index (Phi) is 9.61. The van der Waals surface area contributed by atoms with Crippen molar-refractivity contribution in [1.29, 1.82) is 0 Å². The number of fused-ring (bicyclic) bond motifs is 1. The Bertz CT molecular complexity index is 1260. The molecule has 198 valence electrons. The lowest BCUT2D eigenvalue weighted by Crippen LogP contribution is -2.47. The van der Waals surface area contributed by atoms with Crippen LogP contribution in [0.3, 0.4) is 0 Å². The number of nitrogens with two attached hydrogens (primary N) is 1. The maximum Gasteiger partial charge on any atom is 0.412 e. The molecule has 0 unspecified atom stereocenters. The van der Waals surface area contributed by atoms with E-state index in [-0.39, 0.29) is 23.9 Å². The molecule has 0 radical (unpaired) electrons.